The van der Waals surface area contributed by atoms with Gasteiger partial charge in [0.05, 0.1) is 18.1 Å². The number of ether oxygens (including phenoxy) is 1. The monoisotopic (exact) mass is 301 g/mol. The quantitative estimate of drug-likeness (QED) is 0.818. The van der Waals surface area contributed by atoms with Gasteiger partial charge in [-0.25, -0.2) is 13.6 Å². The Bertz CT molecular complexity index is 701. The van der Waals surface area contributed by atoms with Crippen molar-refractivity contribution >= 4 is 23.2 Å². The highest BCUT2D eigenvalue weighted by Gasteiger charge is 2.60. The lowest BCUT2D eigenvalue weighted by Crippen LogP contribution is -2.07. The number of rotatable bonds is 3. The van der Waals surface area contributed by atoms with Crippen LogP contribution in [-0.4, -0.2) is 33.1 Å². The van der Waals surface area contributed by atoms with Gasteiger partial charge in [0.2, 0.25) is 0 Å². The molecule has 0 aliphatic heterocycles. The van der Waals surface area contributed by atoms with Crippen LogP contribution in [-0.2, 0) is 4.74 Å². The highest BCUT2D eigenvalue weighted by atomic mass is 35.5. The molecule has 106 valence electrons. The molecule has 1 atom stereocenters. The van der Waals surface area contributed by atoms with E-state index >= 15 is 0 Å². The molecule has 0 saturated heterocycles. The lowest BCUT2D eigenvalue weighted by molar-refractivity contribution is 0.0526. The predicted molar refractivity (Wildman–Crippen MR) is 66.3 cm³/mol. The Morgan fingerprint density at radius 2 is 2.30 bits per heavy atom. The fourth-order valence-corrected chi connectivity index (χ4v) is 2.31. The first-order valence-corrected chi connectivity index (χ1v) is 6.41. The van der Waals surface area contributed by atoms with Crippen LogP contribution in [0.1, 0.15) is 35.4 Å². The maximum Gasteiger partial charge on any atom is 0.339 e. The SMILES string of the molecule is CCOC(=O)c1ccn2c(C3CC3(F)F)nnc2c1Cl. The number of esters is 1. The van der Waals surface area contributed by atoms with Crippen molar-refractivity contribution in [2.24, 2.45) is 0 Å². The summed E-state index contributed by atoms with van der Waals surface area (Å²) in [6, 6.07) is 1.42. The minimum Gasteiger partial charge on any atom is -0.462 e. The molecule has 1 aliphatic carbocycles. The van der Waals surface area contributed by atoms with E-state index in [1.54, 1.807) is 6.92 Å². The first-order valence-electron chi connectivity index (χ1n) is 6.03. The third kappa shape index (κ3) is 1.93. The zero-order valence-electron chi connectivity index (χ0n) is 10.4. The number of carbonyl (C=O) groups is 1. The zero-order valence-corrected chi connectivity index (χ0v) is 11.2. The fraction of sp³-hybridized carbons (Fsp3) is 0.417. The van der Waals surface area contributed by atoms with Crippen molar-refractivity contribution < 1.29 is 18.3 Å². The number of hydrogen-bond acceptors (Lipinski definition) is 4. The molecule has 2 heterocycles. The van der Waals surface area contributed by atoms with Gasteiger partial charge in [0.1, 0.15) is 10.8 Å². The normalized spacial score (nSPS) is 20.1. The molecule has 2 aromatic rings. The molecule has 8 heteroatoms. The minimum atomic E-state index is -2.74. The standard InChI is InChI=1S/C12H10ClF2N3O2/c1-2-20-11(19)6-3-4-18-9(7-5-12(7,14)15)16-17-10(18)8(6)13/h3-4,7H,2,5H2,1H3. The van der Waals surface area contributed by atoms with Crippen molar-refractivity contribution in [2.45, 2.75) is 25.2 Å². The van der Waals surface area contributed by atoms with E-state index in [9.17, 15) is 13.6 Å². The molecule has 0 radical (unpaired) electrons. The van der Waals surface area contributed by atoms with Gasteiger partial charge in [-0.2, -0.15) is 0 Å². The van der Waals surface area contributed by atoms with E-state index in [0.717, 1.165) is 0 Å². The first kappa shape index (κ1) is 13.2. The second kappa shape index (κ2) is 4.37. The summed E-state index contributed by atoms with van der Waals surface area (Å²) in [5.74, 6) is -4.11. The number of halogens is 3. The van der Waals surface area contributed by atoms with Gasteiger partial charge >= 0.3 is 5.97 Å². The molecule has 0 bridgehead atoms. The summed E-state index contributed by atoms with van der Waals surface area (Å²) in [7, 11) is 0. The van der Waals surface area contributed by atoms with Gasteiger partial charge in [0.25, 0.3) is 5.92 Å². The van der Waals surface area contributed by atoms with E-state index in [0.29, 0.717) is 0 Å². The third-order valence-electron chi connectivity index (χ3n) is 3.18. The number of alkyl halides is 2. The van der Waals surface area contributed by atoms with E-state index in [4.69, 9.17) is 16.3 Å². The Labute approximate surface area is 117 Å². The molecule has 0 aromatic carbocycles. The summed E-state index contributed by atoms with van der Waals surface area (Å²) < 4.78 is 32.5. The van der Waals surface area contributed by atoms with Gasteiger partial charge < -0.3 is 4.74 Å². The zero-order chi connectivity index (χ0) is 14.5. The minimum absolute atomic E-state index is 0.0497. The number of aromatic nitrogens is 3. The van der Waals surface area contributed by atoms with Crippen LogP contribution in [0.4, 0.5) is 8.78 Å². The average Bonchev–Trinajstić information content (AvgIpc) is 2.85. The van der Waals surface area contributed by atoms with Crippen LogP contribution in [0.3, 0.4) is 0 Å². The molecule has 0 amide bonds. The van der Waals surface area contributed by atoms with Gasteiger partial charge in [-0.3, -0.25) is 4.40 Å². The van der Waals surface area contributed by atoms with Gasteiger partial charge in [-0.05, 0) is 13.0 Å². The molecule has 1 aliphatic rings. The highest BCUT2D eigenvalue weighted by Crippen LogP contribution is 2.55. The second-order valence-corrected chi connectivity index (χ2v) is 4.91. The molecule has 1 fully saturated rings. The van der Waals surface area contributed by atoms with Crippen LogP contribution in [0, 0.1) is 0 Å². The van der Waals surface area contributed by atoms with Crippen molar-refractivity contribution in [1.82, 2.24) is 14.6 Å². The molecule has 2 aromatic heterocycles. The maximum absolute atomic E-state index is 13.1. The average molecular weight is 302 g/mol. The summed E-state index contributed by atoms with van der Waals surface area (Å²) in [6.45, 7) is 1.89. The van der Waals surface area contributed by atoms with E-state index in [2.05, 4.69) is 10.2 Å². The number of carbonyl (C=O) groups excluding carboxylic acids is 1. The van der Waals surface area contributed by atoms with Gasteiger partial charge in [-0.1, -0.05) is 11.6 Å². The van der Waals surface area contributed by atoms with Crippen LogP contribution in [0.15, 0.2) is 12.3 Å². The van der Waals surface area contributed by atoms with Crippen LogP contribution < -0.4 is 0 Å². The summed E-state index contributed by atoms with van der Waals surface area (Å²) in [6.07, 6.45) is 1.21. The van der Waals surface area contributed by atoms with Gasteiger partial charge in [0, 0.05) is 12.6 Å². The van der Waals surface area contributed by atoms with E-state index in [1.807, 2.05) is 0 Å². The summed E-state index contributed by atoms with van der Waals surface area (Å²) >= 11 is 6.07. The van der Waals surface area contributed by atoms with E-state index in [1.165, 1.54) is 16.7 Å². The molecule has 0 spiro atoms. The number of fused-ring (bicyclic) bond motifs is 1. The van der Waals surface area contributed by atoms with Gasteiger partial charge in [0.15, 0.2) is 5.65 Å². The Morgan fingerprint density at radius 1 is 1.60 bits per heavy atom. The predicted octanol–water partition coefficient (Wildman–Crippen LogP) is 2.68. The number of nitrogens with zero attached hydrogens (tertiary/aromatic N) is 3. The lowest BCUT2D eigenvalue weighted by atomic mass is 10.2. The van der Waals surface area contributed by atoms with Crippen molar-refractivity contribution in [3.63, 3.8) is 0 Å². The van der Waals surface area contributed by atoms with E-state index in [-0.39, 0.29) is 35.1 Å². The first-order chi connectivity index (χ1) is 9.45. The molecular formula is C12H10ClF2N3O2. The summed E-state index contributed by atoms with van der Waals surface area (Å²) in [5.41, 5.74) is 0.317. The second-order valence-electron chi connectivity index (χ2n) is 4.53. The fourth-order valence-electron chi connectivity index (χ4n) is 2.04. The maximum atomic E-state index is 13.1. The summed E-state index contributed by atoms with van der Waals surface area (Å²) in [4.78, 5) is 11.7. The van der Waals surface area contributed by atoms with Crippen molar-refractivity contribution in [1.29, 1.82) is 0 Å². The third-order valence-corrected chi connectivity index (χ3v) is 3.55. The Kier molecular flexibility index (Phi) is 2.89. The number of pyridine rings is 1. The Morgan fingerprint density at radius 3 is 2.90 bits per heavy atom. The van der Waals surface area contributed by atoms with Crippen molar-refractivity contribution in [2.75, 3.05) is 6.61 Å². The van der Waals surface area contributed by atoms with E-state index < -0.39 is 17.8 Å². The molecule has 1 unspecified atom stereocenters. The Hall–Kier alpha value is -1.76. The molecule has 1 saturated carbocycles. The molecule has 3 rings (SSSR count). The topological polar surface area (TPSA) is 56.5 Å². The molecule has 5 nitrogen and oxygen atoms in total. The van der Waals surface area contributed by atoms with Crippen LogP contribution in [0.25, 0.3) is 5.65 Å². The van der Waals surface area contributed by atoms with Crippen LogP contribution in [0.5, 0.6) is 0 Å². The van der Waals surface area contributed by atoms with Gasteiger partial charge in [-0.15, -0.1) is 10.2 Å². The largest absolute Gasteiger partial charge is 0.462 e. The molecule has 20 heavy (non-hydrogen) atoms. The van der Waals surface area contributed by atoms with Crippen LogP contribution >= 0.6 is 11.6 Å². The number of hydrogen-bond donors (Lipinski definition) is 0. The summed E-state index contributed by atoms with van der Waals surface area (Å²) in [5, 5.41) is 7.59. The highest BCUT2D eigenvalue weighted by molar-refractivity contribution is 6.36. The molecular weight excluding hydrogens is 292 g/mol. The van der Waals surface area contributed by atoms with Crippen LogP contribution in [0.2, 0.25) is 5.02 Å². The van der Waals surface area contributed by atoms with Crippen molar-refractivity contribution in [3.05, 3.63) is 28.7 Å². The smallest absolute Gasteiger partial charge is 0.339 e. The van der Waals surface area contributed by atoms with Crippen molar-refractivity contribution in [3.8, 4) is 0 Å². The Balaban J connectivity index is 2.05. The lowest BCUT2D eigenvalue weighted by Gasteiger charge is -2.05. The molecule has 0 N–H and O–H groups in total.